The number of hydrogen-bond donors (Lipinski definition) is 1. The number of hydrogen-bond acceptors (Lipinski definition) is 4. The molecule has 0 aliphatic heterocycles. The molecule has 0 amide bonds. The molecule has 0 bridgehead atoms. The van der Waals surface area contributed by atoms with Gasteiger partial charge in [-0.3, -0.25) is 9.36 Å². The van der Waals surface area contributed by atoms with Crippen LogP contribution in [0.4, 0.5) is 5.95 Å². The van der Waals surface area contributed by atoms with Crippen molar-refractivity contribution in [3.8, 4) is 11.3 Å². The minimum atomic E-state index is -0.149. The van der Waals surface area contributed by atoms with Gasteiger partial charge in [0.2, 0.25) is 5.95 Å². The van der Waals surface area contributed by atoms with Crippen molar-refractivity contribution in [2.75, 3.05) is 5.43 Å². The molecule has 37 heavy (non-hydrogen) atoms. The van der Waals surface area contributed by atoms with Crippen LogP contribution in [0.3, 0.4) is 0 Å². The van der Waals surface area contributed by atoms with Gasteiger partial charge in [-0.2, -0.15) is 5.10 Å². The topological polar surface area (TPSA) is 59.3 Å². The van der Waals surface area contributed by atoms with Gasteiger partial charge in [0.1, 0.15) is 0 Å². The van der Waals surface area contributed by atoms with Crippen LogP contribution in [0.5, 0.6) is 0 Å². The van der Waals surface area contributed by atoms with Crippen molar-refractivity contribution in [1.82, 2.24) is 9.55 Å². The highest BCUT2D eigenvalue weighted by Gasteiger charge is 2.43. The summed E-state index contributed by atoms with van der Waals surface area (Å²) < 4.78 is 2.79. The van der Waals surface area contributed by atoms with Crippen LogP contribution < -0.4 is 11.0 Å². The summed E-state index contributed by atoms with van der Waals surface area (Å²) in [4.78, 5) is 19.6. The molecule has 0 saturated heterocycles. The van der Waals surface area contributed by atoms with Gasteiger partial charge in [0, 0.05) is 15.5 Å². The summed E-state index contributed by atoms with van der Waals surface area (Å²) in [6, 6.07) is 26.5. The van der Waals surface area contributed by atoms with E-state index in [-0.39, 0.29) is 11.0 Å². The van der Waals surface area contributed by atoms with E-state index in [0.29, 0.717) is 12.5 Å². The third-order valence-corrected chi connectivity index (χ3v) is 8.27. The van der Waals surface area contributed by atoms with E-state index in [9.17, 15) is 4.79 Å². The highest BCUT2D eigenvalue weighted by atomic mass is 79.9. The van der Waals surface area contributed by atoms with E-state index in [1.807, 2.05) is 60.7 Å². The summed E-state index contributed by atoms with van der Waals surface area (Å²) in [5.74, 6) is 0.462. The molecular formula is C31H29BrN4O. The molecule has 1 N–H and O–H groups in total. The molecule has 6 rings (SSSR count). The first-order valence-corrected chi connectivity index (χ1v) is 13.7. The van der Waals surface area contributed by atoms with E-state index in [1.54, 1.807) is 10.8 Å². The summed E-state index contributed by atoms with van der Waals surface area (Å²) in [7, 11) is 0. The number of aromatic nitrogens is 2. The third kappa shape index (κ3) is 4.66. The first-order chi connectivity index (χ1) is 18.1. The lowest BCUT2D eigenvalue weighted by Crippen LogP contribution is -2.43. The third-order valence-electron chi connectivity index (χ3n) is 7.74. The molecule has 1 aromatic heterocycles. The van der Waals surface area contributed by atoms with Crippen molar-refractivity contribution < 1.29 is 0 Å². The number of rotatable bonds is 5. The Morgan fingerprint density at radius 1 is 0.946 bits per heavy atom. The van der Waals surface area contributed by atoms with E-state index in [1.165, 1.54) is 12.0 Å². The minimum absolute atomic E-state index is 0.0478. The van der Waals surface area contributed by atoms with Crippen LogP contribution in [0.25, 0.3) is 11.3 Å². The summed E-state index contributed by atoms with van der Waals surface area (Å²) in [5, 5.41) is 4.48. The van der Waals surface area contributed by atoms with Crippen molar-refractivity contribution in [1.29, 1.82) is 0 Å². The van der Waals surface area contributed by atoms with Crippen molar-refractivity contribution in [3.63, 3.8) is 0 Å². The average Bonchev–Trinajstić information content (AvgIpc) is 2.92. The predicted octanol–water partition coefficient (Wildman–Crippen LogP) is 6.93. The van der Waals surface area contributed by atoms with E-state index in [4.69, 9.17) is 4.98 Å². The van der Waals surface area contributed by atoms with Gasteiger partial charge in [0.25, 0.3) is 5.56 Å². The molecule has 4 aromatic rings. The Morgan fingerprint density at radius 2 is 1.68 bits per heavy atom. The summed E-state index contributed by atoms with van der Waals surface area (Å²) in [5.41, 5.74) is 9.09. The summed E-state index contributed by atoms with van der Waals surface area (Å²) in [6.07, 6.45) is 8.26. The average molecular weight is 554 g/mol. The van der Waals surface area contributed by atoms with Crippen LogP contribution in [-0.4, -0.2) is 15.8 Å². The van der Waals surface area contributed by atoms with Crippen LogP contribution in [0.1, 0.15) is 54.4 Å². The Labute approximate surface area is 225 Å². The lowest BCUT2D eigenvalue weighted by atomic mass is 9.62. The largest absolute Gasteiger partial charge is 0.273 e. The number of fused-ring (bicyclic) bond motifs is 4. The van der Waals surface area contributed by atoms with Gasteiger partial charge in [-0.05, 0) is 48.1 Å². The number of halogens is 1. The fraction of sp³-hybridized carbons (Fsp3) is 0.258. The van der Waals surface area contributed by atoms with Crippen LogP contribution in [-0.2, 0) is 18.4 Å². The Kier molecular flexibility index (Phi) is 6.51. The lowest BCUT2D eigenvalue weighted by molar-refractivity contribution is 0.283. The first-order valence-electron chi connectivity index (χ1n) is 13.0. The molecule has 1 heterocycles. The lowest BCUT2D eigenvalue weighted by Gasteiger charge is -2.42. The van der Waals surface area contributed by atoms with Crippen LogP contribution in [0.2, 0.25) is 0 Å². The quantitative estimate of drug-likeness (QED) is 0.216. The van der Waals surface area contributed by atoms with E-state index < -0.39 is 0 Å². The molecule has 1 saturated carbocycles. The Morgan fingerprint density at radius 3 is 2.46 bits per heavy atom. The fourth-order valence-electron chi connectivity index (χ4n) is 5.95. The number of benzene rings is 3. The molecular weight excluding hydrogens is 524 g/mol. The molecule has 2 aliphatic carbocycles. The van der Waals surface area contributed by atoms with Crippen LogP contribution in [0, 0.1) is 0 Å². The van der Waals surface area contributed by atoms with Crippen molar-refractivity contribution in [2.24, 2.45) is 5.10 Å². The van der Waals surface area contributed by atoms with Gasteiger partial charge in [0.15, 0.2) is 0 Å². The Balaban J connectivity index is 1.50. The van der Waals surface area contributed by atoms with Crippen LogP contribution in [0.15, 0.2) is 93.2 Å². The van der Waals surface area contributed by atoms with E-state index in [0.717, 1.165) is 64.5 Å². The SMILES string of the molecule is O=c1c2c(nc(N/N=C/c3ccc(Br)cc3)n1Cc1ccccc1)-c1ccccc1CC21CCCCC1. The Bertz CT molecular complexity index is 1500. The molecule has 1 spiro atoms. The normalized spacial score (nSPS) is 15.9. The standard InChI is InChI=1S/C31H29BrN4O/c32-25-15-13-22(14-16-25)20-33-35-30-34-28-26-12-6-5-11-24(26)19-31(17-7-2-8-18-31)27(28)29(37)36(30)21-23-9-3-1-4-10-23/h1,3-6,9-16,20H,2,7-8,17-19,21H2,(H,34,35)/b33-20+. The van der Waals surface area contributed by atoms with Gasteiger partial charge in [-0.15, -0.1) is 0 Å². The van der Waals surface area contributed by atoms with E-state index in [2.05, 4.69) is 44.7 Å². The van der Waals surface area contributed by atoms with Crippen molar-refractivity contribution in [3.05, 3.63) is 116 Å². The van der Waals surface area contributed by atoms with Gasteiger partial charge >= 0.3 is 0 Å². The van der Waals surface area contributed by atoms with Crippen molar-refractivity contribution in [2.45, 2.75) is 50.5 Å². The van der Waals surface area contributed by atoms with Crippen LogP contribution >= 0.6 is 15.9 Å². The second-order valence-electron chi connectivity index (χ2n) is 10.1. The molecule has 2 aliphatic rings. The van der Waals surface area contributed by atoms with Gasteiger partial charge < -0.3 is 0 Å². The van der Waals surface area contributed by atoms with Crippen molar-refractivity contribution >= 4 is 28.1 Å². The molecule has 186 valence electrons. The van der Waals surface area contributed by atoms with Gasteiger partial charge in [0.05, 0.1) is 24.0 Å². The maximum absolute atomic E-state index is 14.4. The van der Waals surface area contributed by atoms with Gasteiger partial charge in [-0.25, -0.2) is 10.4 Å². The van der Waals surface area contributed by atoms with E-state index >= 15 is 0 Å². The highest BCUT2D eigenvalue weighted by Crippen LogP contribution is 2.48. The predicted molar refractivity (Wildman–Crippen MR) is 153 cm³/mol. The smallest absolute Gasteiger partial charge is 0.259 e. The second-order valence-corrected chi connectivity index (χ2v) is 11.0. The number of anilines is 1. The van der Waals surface area contributed by atoms with Gasteiger partial charge in [-0.1, -0.05) is 102 Å². The molecule has 0 unspecified atom stereocenters. The molecule has 3 aromatic carbocycles. The summed E-state index contributed by atoms with van der Waals surface area (Å²) >= 11 is 3.47. The molecule has 0 atom stereocenters. The Hall–Kier alpha value is -3.51. The number of nitrogens with zero attached hydrogens (tertiary/aromatic N) is 3. The second kappa shape index (κ2) is 10.1. The highest BCUT2D eigenvalue weighted by molar-refractivity contribution is 9.10. The zero-order valence-corrected chi connectivity index (χ0v) is 22.2. The molecule has 1 fully saturated rings. The molecule has 6 heteroatoms. The zero-order valence-electron chi connectivity index (χ0n) is 20.7. The maximum Gasteiger partial charge on any atom is 0.259 e. The maximum atomic E-state index is 14.4. The molecule has 0 radical (unpaired) electrons. The summed E-state index contributed by atoms with van der Waals surface area (Å²) in [6.45, 7) is 0.438. The zero-order chi connectivity index (χ0) is 25.2. The fourth-order valence-corrected chi connectivity index (χ4v) is 6.22. The number of hydrazone groups is 1. The monoisotopic (exact) mass is 552 g/mol. The first kappa shape index (κ1) is 23.9. The number of nitrogens with one attached hydrogen (secondary N) is 1. The minimum Gasteiger partial charge on any atom is -0.273 e. The molecule has 5 nitrogen and oxygen atoms in total.